The largest absolute Gasteiger partial charge is 0.497 e. The SMILES string of the molecule is COc1ccc2nc(S[C@H](C(=O)c3ccccc3)c3ccccc3)nc(C)c2c1. The maximum absolute atomic E-state index is 13.3. The number of fused-ring (bicyclic) bond motifs is 1. The van der Waals surface area contributed by atoms with Crippen molar-refractivity contribution in [2.24, 2.45) is 0 Å². The molecule has 0 aliphatic heterocycles. The van der Waals surface area contributed by atoms with Gasteiger partial charge in [0.05, 0.1) is 12.6 Å². The number of carbonyl (C=O) groups excluding carboxylic acids is 1. The van der Waals surface area contributed by atoms with E-state index in [4.69, 9.17) is 9.72 Å². The minimum absolute atomic E-state index is 0.0397. The van der Waals surface area contributed by atoms with Gasteiger partial charge in [-0.25, -0.2) is 9.97 Å². The van der Waals surface area contributed by atoms with Crippen LogP contribution in [-0.4, -0.2) is 22.9 Å². The number of nitrogens with zero attached hydrogens (tertiary/aromatic N) is 2. The summed E-state index contributed by atoms with van der Waals surface area (Å²) in [7, 11) is 1.64. The molecule has 0 saturated carbocycles. The van der Waals surface area contributed by atoms with Crippen molar-refractivity contribution in [3.8, 4) is 5.75 Å². The van der Waals surface area contributed by atoms with E-state index in [1.165, 1.54) is 11.8 Å². The molecule has 3 aromatic carbocycles. The van der Waals surface area contributed by atoms with E-state index < -0.39 is 5.25 Å². The van der Waals surface area contributed by atoms with Crippen LogP contribution >= 0.6 is 11.8 Å². The fraction of sp³-hybridized carbons (Fsp3) is 0.125. The molecule has 0 unspecified atom stereocenters. The number of aryl methyl sites for hydroxylation is 1. The zero-order chi connectivity index (χ0) is 20.2. The lowest BCUT2D eigenvalue weighted by molar-refractivity contribution is 0.0989. The van der Waals surface area contributed by atoms with Crippen molar-refractivity contribution in [1.82, 2.24) is 9.97 Å². The summed E-state index contributed by atoms with van der Waals surface area (Å²) in [4.78, 5) is 22.6. The van der Waals surface area contributed by atoms with Gasteiger partial charge in [-0.3, -0.25) is 4.79 Å². The first-order chi connectivity index (χ1) is 14.2. The number of hydrogen-bond donors (Lipinski definition) is 0. The molecule has 4 aromatic rings. The molecule has 0 amide bonds. The predicted octanol–water partition coefficient (Wildman–Crippen LogP) is 5.66. The minimum Gasteiger partial charge on any atom is -0.497 e. The Bertz CT molecular complexity index is 1150. The van der Waals surface area contributed by atoms with Gasteiger partial charge in [0.2, 0.25) is 0 Å². The molecule has 0 bridgehead atoms. The van der Waals surface area contributed by atoms with Crippen molar-refractivity contribution in [1.29, 1.82) is 0 Å². The van der Waals surface area contributed by atoms with Crippen molar-refractivity contribution >= 4 is 28.4 Å². The third-order valence-electron chi connectivity index (χ3n) is 4.69. The van der Waals surface area contributed by atoms with Gasteiger partial charge in [0.25, 0.3) is 0 Å². The van der Waals surface area contributed by atoms with E-state index in [9.17, 15) is 4.79 Å². The molecule has 144 valence electrons. The summed E-state index contributed by atoms with van der Waals surface area (Å²) >= 11 is 1.38. The van der Waals surface area contributed by atoms with Crippen LogP contribution in [0.4, 0.5) is 0 Å². The third kappa shape index (κ3) is 4.15. The summed E-state index contributed by atoms with van der Waals surface area (Å²) in [5, 5.41) is 1.10. The zero-order valence-electron chi connectivity index (χ0n) is 16.2. The van der Waals surface area contributed by atoms with Gasteiger partial charge in [0, 0.05) is 16.6 Å². The van der Waals surface area contributed by atoms with Crippen molar-refractivity contribution in [3.05, 3.63) is 95.7 Å². The Morgan fingerprint density at radius 1 is 0.931 bits per heavy atom. The number of thioether (sulfide) groups is 1. The van der Waals surface area contributed by atoms with E-state index in [2.05, 4.69) is 4.98 Å². The molecule has 0 radical (unpaired) electrons. The Morgan fingerprint density at radius 2 is 1.62 bits per heavy atom. The molecule has 0 aliphatic carbocycles. The molecule has 4 nitrogen and oxygen atoms in total. The molecule has 0 spiro atoms. The molecule has 1 heterocycles. The maximum Gasteiger partial charge on any atom is 0.189 e. The number of ketones is 1. The van der Waals surface area contributed by atoms with E-state index in [0.29, 0.717) is 10.7 Å². The quantitative estimate of drug-likeness (QED) is 0.237. The average molecular weight is 401 g/mol. The summed E-state index contributed by atoms with van der Waals surface area (Å²) in [6.45, 7) is 1.95. The average Bonchev–Trinajstić information content (AvgIpc) is 2.78. The van der Waals surface area contributed by atoms with Crippen molar-refractivity contribution in [2.45, 2.75) is 17.3 Å². The van der Waals surface area contributed by atoms with Gasteiger partial charge in [0.15, 0.2) is 10.9 Å². The van der Waals surface area contributed by atoms with Crippen LogP contribution in [-0.2, 0) is 0 Å². The van der Waals surface area contributed by atoms with Gasteiger partial charge < -0.3 is 4.74 Å². The van der Waals surface area contributed by atoms with E-state index >= 15 is 0 Å². The molecule has 1 aromatic heterocycles. The van der Waals surface area contributed by atoms with Gasteiger partial charge >= 0.3 is 0 Å². The second-order valence-electron chi connectivity index (χ2n) is 6.61. The number of hydrogen-bond acceptors (Lipinski definition) is 5. The van der Waals surface area contributed by atoms with E-state index in [1.54, 1.807) is 7.11 Å². The molecule has 0 fully saturated rings. The lowest BCUT2D eigenvalue weighted by atomic mass is 10.0. The molecule has 0 N–H and O–H groups in total. The monoisotopic (exact) mass is 400 g/mol. The predicted molar refractivity (Wildman–Crippen MR) is 117 cm³/mol. The number of aromatic nitrogens is 2. The Morgan fingerprint density at radius 3 is 2.31 bits per heavy atom. The fourth-order valence-electron chi connectivity index (χ4n) is 3.17. The Hall–Kier alpha value is -3.18. The molecule has 4 rings (SSSR count). The van der Waals surface area contributed by atoms with Gasteiger partial charge in [-0.2, -0.15) is 0 Å². The number of ether oxygens (including phenoxy) is 1. The van der Waals surface area contributed by atoms with Gasteiger partial charge in [-0.15, -0.1) is 0 Å². The summed E-state index contributed by atoms with van der Waals surface area (Å²) < 4.78 is 5.30. The molecular formula is C24H20N2O2S. The van der Waals surface area contributed by atoms with Gasteiger partial charge in [-0.05, 0) is 30.7 Å². The minimum atomic E-state index is -0.423. The first kappa shape index (κ1) is 19.2. The maximum atomic E-state index is 13.3. The Kier molecular flexibility index (Phi) is 5.58. The molecule has 0 saturated heterocycles. The second kappa shape index (κ2) is 8.45. The van der Waals surface area contributed by atoms with E-state index in [-0.39, 0.29) is 5.78 Å². The van der Waals surface area contributed by atoms with Gasteiger partial charge in [-0.1, -0.05) is 72.4 Å². The summed E-state index contributed by atoms with van der Waals surface area (Å²) in [5.74, 6) is 0.809. The van der Waals surface area contributed by atoms with Crippen LogP contribution in [0.3, 0.4) is 0 Å². The van der Waals surface area contributed by atoms with E-state index in [0.717, 1.165) is 27.9 Å². The number of methoxy groups -OCH3 is 1. The third-order valence-corrected chi connectivity index (χ3v) is 5.81. The summed E-state index contributed by atoms with van der Waals surface area (Å²) in [6, 6.07) is 24.9. The number of Topliss-reactive ketones (excluding diaryl/α,β-unsaturated/α-hetero) is 1. The highest BCUT2D eigenvalue weighted by molar-refractivity contribution is 8.00. The highest BCUT2D eigenvalue weighted by Crippen LogP contribution is 2.37. The van der Waals surface area contributed by atoms with Crippen LogP contribution in [0.1, 0.15) is 26.9 Å². The van der Waals surface area contributed by atoms with Crippen LogP contribution < -0.4 is 4.74 Å². The van der Waals surface area contributed by atoms with Crippen LogP contribution in [0.25, 0.3) is 10.9 Å². The normalized spacial score (nSPS) is 11.9. The lowest BCUT2D eigenvalue weighted by Gasteiger charge is -2.16. The number of rotatable bonds is 6. The molecule has 29 heavy (non-hydrogen) atoms. The summed E-state index contributed by atoms with van der Waals surface area (Å²) in [5.41, 5.74) is 3.30. The van der Waals surface area contributed by atoms with Crippen LogP contribution in [0.15, 0.2) is 84.0 Å². The molecule has 0 aliphatic rings. The highest BCUT2D eigenvalue weighted by atomic mass is 32.2. The van der Waals surface area contributed by atoms with Crippen LogP contribution in [0, 0.1) is 6.92 Å². The fourth-order valence-corrected chi connectivity index (χ4v) is 4.26. The van der Waals surface area contributed by atoms with Crippen molar-refractivity contribution in [3.63, 3.8) is 0 Å². The Balaban J connectivity index is 1.74. The van der Waals surface area contributed by atoms with Crippen molar-refractivity contribution in [2.75, 3.05) is 7.11 Å². The van der Waals surface area contributed by atoms with Crippen LogP contribution in [0.2, 0.25) is 0 Å². The highest BCUT2D eigenvalue weighted by Gasteiger charge is 2.25. The summed E-state index contributed by atoms with van der Waals surface area (Å²) in [6.07, 6.45) is 0. The topological polar surface area (TPSA) is 52.1 Å². The smallest absolute Gasteiger partial charge is 0.189 e. The standard InChI is InChI=1S/C24H20N2O2S/c1-16-20-15-19(28-2)13-14-21(20)26-24(25-16)29-23(18-11-7-4-8-12-18)22(27)17-9-5-3-6-10-17/h3-15,23H,1-2H3/t23-/m0/s1. The zero-order valence-corrected chi connectivity index (χ0v) is 17.0. The molecular weight excluding hydrogens is 380 g/mol. The van der Waals surface area contributed by atoms with Crippen molar-refractivity contribution < 1.29 is 9.53 Å². The van der Waals surface area contributed by atoms with Gasteiger partial charge in [0.1, 0.15) is 11.0 Å². The number of carbonyl (C=O) groups is 1. The first-order valence-corrected chi connectivity index (χ1v) is 10.2. The van der Waals surface area contributed by atoms with E-state index in [1.807, 2.05) is 85.8 Å². The molecule has 5 heteroatoms. The lowest BCUT2D eigenvalue weighted by Crippen LogP contribution is -2.11. The van der Waals surface area contributed by atoms with Crippen LogP contribution in [0.5, 0.6) is 5.75 Å². The molecule has 1 atom stereocenters. The first-order valence-electron chi connectivity index (χ1n) is 9.29. The Labute approximate surface area is 174 Å². The number of benzene rings is 3. The second-order valence-corrected chi connectivity index (χ2v) is 7.69.